The summed E-state index contributed by atoms with van der Waals surface area (Å²) in [7, 11) is 0. The summed E-state index contributed by atoms with van der Waals surface area (Å²) in [6.45, 7) is 6.71. The van der Waals surface area contributed by atoms with E-state index < -0.39 is 5.97 Å². The molecule has 1 heterocycles. The number of aromatic nitrogens is 2. The van der Waals surface area contributed by atoms with E-state index in [0.29, 0.717) is 6.54 Å². The van der Waals surface area contributed by atoms with Gasteiger partial charge >= 0.3 is 51.4 Å². The number of carboxylic acid groups (broad SMARTS) is 1. The molecule has 0 fully saturated rings. The van der Waals surface area contributed by atoms with Crippen LogP contribution in [0.3, 0.4) is 0 Å². The normalized spacial score (nSPS) is 10.6. The van der Waals surface area contributed by atoms with Crippen molar-refractivity contribution in [1.29, 1.82) is 0 Å². The van der Waals surface area contributed by atoms with E-state index in [4.69, 9.17) is 0 Å². The number of carbonyl (C=O) groups excluding carboxylic acids is 1. The molecular formula is C18H17KN2O2. The molecule has 5 heteroatoms. The van der Waals surface area contributed by atoms with Crippen LogP contribution in [0.15, 0.2) is 36.4 Å². The minimum absolute atomic E-state index is 0. The largest absolute Gasteiger partial charge is 1.00 e. The average molecular weight is 332 g/mol. The first kappa shape index (κ1) is 18.4. The zero-order chi connectivity index (χ0) is 15.9. The summed E-state index contributed by atoms with van der Waals surface area (Å²) < 4.78 is 1.87. The number of benzene rings is 2. The summed E-state index contributed by atoms with van der Waals surface area (Å²) in [6.07, 6.45) is 0. The third kappa shape index (κ3) is 3.59. The van der Waals surface area contributed by atoms with Gasteiger partial charge in [0.05, 0.1) is 23.7 Å². The van der Waals surface area contributed by atoms with Crippen LogP contribution in [0.25, 0.3) is 10.9 Å². The molecule has 0 saturated heterocycles. The number of hydrogen-bond donors (Lipinski definition) is 0. The average Bonchev–Trinajstić information content (AvgIpc) is 2.79. The Morgan fingerprint density at radius 3 is 2.39 bits per heavy atom. The van der Waals surface area contributed by atoms with Gasteiger partial charge in [-0.25, -0.2) is 0 Å². The molecule has 112 valence electrons. The van der Waals surface area contributed by atoms with E-state index in [1.54, 1.807) is 18.2 Å². The van der Waals surface area contributed by atoms with E-state index in [9.17, 15) is 9.90 Å². The van der Waals surface area contributed by atoms with Crippen LogP contribution in [0.5, 0.6) is 0 Å². The van der Waals surface area contributed by atoms with Gasteiger partial charge in [-0.3, -0.25) is 4.68 Å². The fraction of sp³-hybridized carbons (Fsp3) is 0.222. The van der Waals surface area contributed by atoms with E-state index in [0.717, 1.165) is 16.6 Å². The Morgan fingerprint density at radius 1 is 1.13 bits per heavy atom. The van der Waals surface area contributed by atoms with Gasteiger partial charge in [0.1, 0.15) is 0 Å². The number of aryl methyl sites for hydroxylation is 3. The smallest absolute Gasteiger partial charge is 0.545 e. The number of aromatic carboxylic acids is 1. The molecule has 1 aromatic heterocycles. The quantitative estimate of drug-likeness (QED) is 0.601. The van der Waals surface area contributed by atoms with Gasteiger partial charge in [-0.05, 0) is 49.1 Å². The molecule has 3 rings (SSSR count). The van der Waals surface area contributed by atoms with Crippen LogP contribution in [0.2, 0.25) is 0 Å². The molecule has 0 atom stereocenters. The second-order valence-corrected chi connectivity index (χ2v) is 5.63. The van der Waals surface area contributed by atoms with E-state index in [2.05, 4.69) is 31.1 Å². The van der Waals surface area contributed by atoms with Crippen molar-refractivity contribution in [1.82, 2.24) is 9.78 Å². The van der Waals surface area contributed by atoms with Crippen molar-refractivity contribution in [3.05, 3.63) is 64.3 Å². The second-order valence-electron chi connectivity index (χ2n) is 5.63. The first-order valence-corrected chi connectivity index (χ1v) is 7.21. The number of hydrogen-bond acceptors (Lipinski definition) is 3. The second kappa shape index (κ2) is 7.28. The molecule has 23 heavy (non-hydrogen) atoms. The number of carboxylic acids is 1. The maximum absolute atomic E-state index is 11.1. The summed E-state index contributed by atoms with van der Waals surface area (Å²) in [5.74, 6) is -1.17. The molecule has 0 radical (unpaired) electrons. The van der Waals surface area contributed by atoms with Gasteiger partial charge in [0.15, 0.2) is 0 Å². The summed E-state index contributed by atoms with van der Waals surface area (Å²) in [5, 5.41) is 16.6. The van der Waals surface area contributed by atoms with Gasteiger partial charge in [0.25, 0.3) is 0 Å². The van der Waals surface area contributed by atoms with Crippen LogP contribution in [-0.4, -0.2) is 15.7 Å². The molecule has 0 N–H and O–H groups in total. The minimum atomic E-state index is -1.17. The molecule has 0 aliphatic carbocycles. The van der Waals surface area contributed by atoms with Crippen LogP contribution in [0, 0.1) is 20.8 Å². The van der Waals surface area contributed by atoms with Gasteiger partial charge in [-0.15, -0.1) is 0 Å². The predicted molar refractivity (Wildman–Crippen MR) is 83.8 cm³/mol. The molecule has 4 nitrogen and oxygen atoms in total. The van der Waals surface area contributed by atoms with E-state index in [-0.39, 0.29) is 56.9 Å². The minimum Gasteiger partial charge on any atom is -0.545 e. The van der Waals surface area contributed by atoms with Crippen molar-refractivity contribution in [3.8, 4) is 0 Å². The SMILES string of the molecule is Cc1cccc(C)c1Cn1nc(C)c2ccc(C(=O)[O-])cc21.[K+]. The number of nitrogens with zero attached hydrogens (tertiary/aromatic N) is 2. The topological polar surface area (TPSA) is 58.0 Å². The van der Waals surface area contributed by atoms with E-state index in [1.165, 1.54) is 16.7 Å². The van der Waals surface area contributed by atoms with Gasteiger partial charge in [-0.1, -0.05) is 30.3 Å². The molecule has 0 saturated carbocycles. The van der Waals surface area contributed by atoms with E-state index in [1.807, 2.05) is 17.7 Å². The summed E-state index contributed by atoms with van der Waals surface area (Å²) in [5.41, 5.74) is 5.52. The molecule has 0 aliphatic heterocycles. The first-order chi connectivity index (χ1) is 10.5. The van der Waals surface area contributed by atoms with Crippen molar-refractivity contribution < 1.29 is 61.3 Å². The molecule has 0 aliphatic rings. The molecule has 3 aromatic rings. The molecular weight excluding hydrogens is 315 g/mol. The fourth-order valence-electron chi connectivity index (χ4n) is 2.84. The van der Waals surface area contributed by atoms with Gasteiger partial charge in [0.2, 0.25) is 0 Å². The van der Waals surface area contributed by atoms with E-state index >= 15 is 0 Å². The van der Waals surface area contributed by atoms with Crippen molar-refractivity contribution in [3.63, 3.8) is 0 Å². The Balaban J connectivity index is 0.00000192. The van der Waals surface area contributed by atoms with Gasteiger partial charge in [0, 0.05) is 5.39 Å². The van der Waals surface area contributed by atoms with Crippen LogP contribution < -0.4 is 56.5 Å². The monoisotopic (exact) mass is 332 g/mol. The fourth-order valence-corrected chi connectivity index (χ4v) is 2.84. The number of fused-ring (bicyclic) bond motifs is 1. The van der Waals surface area contributed by atoms with Gasteiger partial charge < -0.3 is 9.90 Å². The molecule has 0 unspecified atom stereocenters. The van der Waals surface area contributed by atoms with Crippen LogP contribution in [-0.2, 0) is 6.54 Å². The van der Waals surface area contributed by atoms with Crippen molar-refractivity contribution >= 4 is 16.9 Å². The molecule has 0 bridgehead atoms. The van der Waals surface area contributed by atoms with Crippen molar-refractivity contribution in [2.24, 2.45) is 0 Å². The third-order valence-corrected chi connectivity index (χ3v) is 4.12. The third-order valence-electron chi connectivity index (χ3n) is 4.12. The maximum Gasteiger partial charge on any atom is 1.00 e. The summed E-state index contributed by atoms with van der Waals surface area (Å²) >= 11 is 0. The zero-order valence-corrected chi connectivity index (χ0v) is 17.0. The van der Waals surface area contributed by atoms with Crippen LogP contribution >= 0.6 is 0 Å². The maximum atomic E-state index is 11.1. The molecule has 0 amide bonds. The standard InChI is InChI=1S/C18H18N2O2.K/c1-11-5-4-6-12(2)16(11)10-20-17-9-14(18(21)22)7-8-15(17)13(3)19-20;/h4-9H,10H2,1-3H3,(H,21,22);/q;+1/p-1. The number of carbonyl (C=O) groups is 1. The predicted octanol–water partition coefficient (Wildman–Crippen LogP) is -0.623. The molecule has 0 spiro atoms. The van der Waals surface area contributed by atoms with Crippen LogP contribution in [0.4, 0.5) is 0 Å². The molecule has 2 aromatic carbocycles. The summed E-state index contributed by atoms with van der Waals surface area (Å²) in [6, 6.07) is 11.2. The first-order valence-electron chi connectivity index (χ1n) is 7.21. The van der Waals surface area contributed by atoms with Gasteiger partial charge in [-0.2, -0.15) is 5.10 Å². The van der Waals surface area contributed by atoms with Crippen LogP contribution in [0.1, 0.15) is 32.7 Å². The number of rotatable bonds is 3. The van der Waals surface area contributed by atoms with Crippen molar-refractivity contribution in [2.45, 2.75) is 27.3 Å². The Kier molecular flexibility index (Phi) is 5.81. The Bertz CT molecular complexity index is 864. The Labute approximate surface area is 177 Å². The van der Waals surface area contributed by atoms with Crippen molar-refractivity contribution in [2.75, 3.05) is 0 Å². The Hall–Kier alpha value is -0.984. The zero-order valence-electron chi connectivity index (χ0n) is 13.9. The summed E-state index contributed by atoms with van der Waals surface area (Å²) in [4.78, 5) is 11.1. The Morgan fingerprint density at radius 2 is 1.78 bits per heavy atom.